The highest BCUT2D eigenvalue weighted by Crippen LogP contribution is 2.17. The van der Waals surface area contributed by atoms with Gasteiger partial charge in [-0.25, -0.2) is 9.67 Å². The molecule has 0 radical (unpaired) electrons. The Morgan fingerprint density at radius 1 is 1.04 bits per heavy atom. The summed E-state index contributed by atoms with van der Waals surface area (Å²) in [6, 6.07) is 14.7. The standard InChI is InChI=1S/C19H20N4O3/c1-2-25-17-7-9-18(10-8-17)26-12-19(24)22-16-5-3-15(4-6-16)11-23-14-20-13-21-23/h3-10,13-14H,2,11-12H2,1H3,(H,22,24). The maximum Gasteiger partial charge on any atom is 0.262 e. The summed E-state index contributed by atoms with van der Waals surface area (Å²) in [4.78, 5) is 15.9. The molecule has 7 nitrogen and oxygen atoms in total. The summed E-state index contributed by atoms with van der Waals surface area (Å²) >= 11 is 0. The third-order valence-electron chi connectivity index (χ3n) is 3.55. The highest BCUT2D eigenvalue weighted by molar-refractivity contribution is 5.91. The van der Waals surface area contributed by atoms with Crippen molar-refractivity contribution in [1.82, 2.24) is 14.8 Å². The predicted molar refractivity (Wildman–Crippen MR) is 97.3 cm³/mol. The Morgan fingerprint density at radius 3 is 2.35 bits per heavy atom. The van der Waals surface area contributed by atoms with Crippen LogP contribution in [0.1, 0.15) is 12.5 Å². The number of anilines is 1. The van der Waals surface area contributed by atoms with E-state index in [0.717, 1.165) is 11.3 Å². The average Bonchev–Trinajstić information content (AvgIpc) is 3.16. The third kappa shape index (κ3) is 5.07. The Kier molecular flexibility index (Phi) is 5.82. The van der Waals surface area contributed by atoms with Crippen molar-refractivity contribution in [1.29, 1.82) is 0 Å². The first-order chi connectivity index (χ1) is 12.7. The molecule has 0 saturated heterocycles. The van der Waals surface area contributed by atoms with Crippen molar-refractivity contribution in [2.75, 3.05) is 18.5 Å². The zero-order valence-electron chi connectivity index (χ0n) is 14.5. The minimum absolute atomic E-state index is 0.0608. The van der Waals surface area contributed by atoms with Gasteiger partial charge in [0.1, 0.15) is 24.2 Å². The summed E-state index contributed by atoms with van der Waals surface area (Å²) < 4.78 is 12.6. The molecule has 3 rings (SSSR count). The van der Waals surface area contributed by atoms with Gasteiger partial charge in [0.25, 0.3) is 5.91 Å². The molecule has 1 heterocycles. The van der Waals surface area contributed by atoms with Crippen LogP contribution in [0.15, 0.2) is 61.2 Å². The van der Waals surface area contributed by atoms with E-state index in [9.17, 15) is 4.79 Å². The maximum absolute atomic E-state index is 12.0. The largest absolute Gasteiger partial charge is 0.494 e. The lowest BCUT2D eigenvalue weighted by Crippen LogP contribution is -2.20. The molecule has 0 aliphatic carbocycles. The van der Waals surface area contributed by atoms with E-state index in [2.05, 4.69) is 15.4 Å². The minimum Gasteiger partial charge on any atom is -0.494 e. The first kappa shape index (κ1) is 17.5. The smallest absolute Gasteiger partial charge is 0.262 e. The van der Waals surface area contributed by atoms with Gasteiger partial charge in [0.05, 0.1) is 13.2 Å². The van der Waals surface area contributed by atoms with Crippen molar-refractivity contribution < 1.29 is 14.3 Å². The number of ether oxygens (including phenoxy) is 2. The van der Waals surface area contributed by atoms with E-state index in [4.69, 9.17) is 9.47 Å². The van der Waals surface area contributed by atoms with E-state index < -0.39 is 0 Å². The third-order valence-corrected chi connectivity index (χ3v) is 3.55. The van der Waals surface area contributed by atoms with E-state index >= 15 is 0 Å². The Hall–Kier alpha value is -3.35. The fraction of sp³-hybridized carbons (Fsp3) is 0.211. The second-order valence-electron chi connectivity index (χ2n) is 5.53. The minimum atomic E-state index is -0.220. The molecule has 0 atom stereocenters. The van der Waals surface area contributed by atoms with Crippen LogP contribution < -0.4 is 14.8 Å². The molecule has 3 aromatic rings. The van der Waals surface area contributed by atoms with Crippen molar-refractivity contribution in [2.24, 2.45) is 0 Å². The molecule has 1 N–H and O–H groups in total. The van der Waals surface area contributed by atoms with E-state index in [1.807, 2.05) is 43.3 Å². The summed E-state index contributed by atoms with van der Waals surface area (Å²) in [5.74, 6) is 1.17. The van der Waals surface area contributed by atoms with Crippen molar-refractivity contribution >= 4 is 11.6 Å². The maximum atomic E-state index is 12.0. The Labute approximate surface area is 151 Å². The predicted octanol–water partition coefficient (Wildman–Crippen LogP) is 2.74. The first-order valence-electron chi connectivity index (χ1n) is 8.30. The molecule has 0 spiro atoms. The lowest BCUT2D eigenvalue weighted by Gasteiger charge is -2.09. The van der Waals surface area contributed by atoms with Crippen LogP contribution in [0.3, 0.4) is 0 Å². The van der Waals surface area contributed by atoms with Gasteiger partial charge in [0.15, 0.2) is 6.61 Å². The van der Waals surface area contributed by atoms with Crippen LogP contribution in [0.5, 0.6) is 11.5 Å². The van der Waals surface area contributed by atoms with Crippen LogP contribution in [0.2, 0.25) is 0 Å². The van der Waals surface area contributed by atoms with Gasteiger partial charge >= 0.3 is 0 Å². The molecule has 0 saturated carbocycles. The van der Waals surface area contributed by atoms with Crippen LogP contribution in [0.25, 0.3) is 0 Å². The molecule has 0 aliphatic heterocycles. The molecular formula is C19H20N4O3. The van der Waals surface area contributed by atoms with E-state index in [0.29, 0.717) is 24.6 Å². The van der Waals surface area contributed by atoms with Crippen LogP contribution >= 0.6 is 0 Å². The monoisotopic (exact) mass is 352 g/mol. The molecule has 1 aromatic heterocycles. The zero-order valence-corrected chi connectivity index (χ0v) is 14.5. The second-order valence-corrected chi connectivity index (χ2v) is 5.53. The lowest BCUT2D eigenvalue weighted by atomic mass is 10.2. The van der Waals surface area contributed by atoms with Crippen molar-refractivity contribution in [2.45, 2.75) is 13.5 Å². The van der Waals surface area contributed by atoms with Gasteiger partial charge in [-0.3, -0.25) is 4.79 Å². The second kappa shape index (κ2) is 8.66. The van der Waals surface area contributed by atoms with Gasteiger partial charge in [-0.05, 0) is 48.9 Å². The number of hydrogen-bond donors (Lipinski definition) is 1. The number of benzene rings is 2. The molecule has 1 amide bonds. The van der Waals surface area contributed by atoms with Gasteiger partial charge < -0.3 is 14.8 Å². The molecular weight excluding hydrogens is 332 g/mol. The summed E-state index contributed by atoms with van der Waals surface area (Å²) in [7, 11) is 0. The Morgan fingerprint density at radius 2 is 1.73 bits per heavy atom. The topological polar surface area (TPSA) is 78.3 Å². The number of hydrogen-bond acceptors (Lipinski definition) is 5. The number of aromatic nitrogens is 3. The SMILES string of the molecule is CCOc1ccc(OCC(=O)Nc2ccc(Cn3cncn3)cc2)cc1. The molecule has 0 bridgehead atoms. The first-order valence-corrected chi connectivity index (χ1v) is 8.30. The molecule has 7 heteroatoms. The van der Waals surface area contributed by atoms with Gasteiger partial charge in [-0.1, -0.05) is 12.1 Å². The van der Waals surface area contributed by atoms with Gasteiger partial charge in [0, 0.05) is 5.69 Å². The Bertz CT molecular complexity index is 815. The summed E-state index contributed by atoms with van der Waals surface area (Å²) in [6.07, 6.45) is 3.16. The number of amides is 1. The van der Waals surface area contributed by atoms with Crippen molar-refractivity contribution in [3.05, 3.63) is 66.7 Å². The van der Waals surface area contributed by atoms with Crippen molar-refractivity contribution in [3.63, 3.8) is 0 Å². The zero-order chi connectivity index (χ0) is 18.2. The lowest BCUT2D eigenvalue weighted by molar-refractivity contribution is -0.118. The fourth-order valence-corrected chi connectivity index (χ4v) is 2.34. The number of carbonyl (C=O) groups is 1. The molecule has 0 fully saturated rings. The van der Waals surface area contributed by atoms with Gasteiger partial charge in [-0.15, -0.1) is 0 Å². The average molecular weight is 352 g/mol. The van der Waals surface area contributed by atoms with Crippen LogP contribution in [0, 0.1) is 0 Å². The van der Waals surface area contributed by atoms with E-state index in [-0.39, 0.29) is 12.5 Å². The van der Waals surface area contributed by atoms with Crippen LogP contribution in [-0.2, 0) is 11.3 Å². The quantitative estimate of drug-likeness (QED) is 0.674. The normalized spacial score (nSPS) is 10.3. The molecule has 2 aromatic carbocycles. The van der Waals surface area contributed by atoms with Crippen molar-refractivity contribution in [3.8, 4) is 11.5 Å². The van der Waals surface area contributed by atoms with Crippen LogP contribution in [-0.4, -0.2) is 33.9 Å². The number of nitrogens with zero attached hydrogens (tertiary/aromatic N) is 3. The molecule has 0 unspecified atom stereocenters. The molecule has 134 valence electrons. The molecule has 0 aliphatic rings. The molecule has 26 heavy (non-hydrogen) atoms. The van der Waals surface area contributed by atoms with E-state index in [1.54, 1.807) is 23.1 Å². The van der Waals surface area contributed by atoms with Gasteiger partial charge in [-0.2, -0.15) is 5.10 Å². The number of carbonyl (C=O) groups excluding carboxylic acids is 1. The highest BCUT2D eigenvalue weighted by atomic mass is 16.5. The van der Waals surface area contributed by atoms with Crippen LogP contribution in [0.4, 0.5) is 5.69 Å². The highest BCUT2D eigenvalue weighted by Gasteiger charge is 2.05. The summed E-state index contributed by atoms with van der Waals surface area (Å²) in [5, 5.41) is 6.87. The Balaban J connectivity index is 1.46. The summed E-state index contributed by atoms with van der Waals surface area (Å²) in [6.45, 7) is 3.11. The number of nitrogens with one attached hydrogen (secondary N) is 1. The number of rotatable bonds is 8. The van der Waals surface area contributed by atoms with Gasteiger partial charge in [0.2, 0.25) is 0 Å². The summed E-state index contributed by atoms with van der Waals surface area (Å²) in [5.41, 5.74) is 1.78. The fourth-order valence-electron chi connectivity index (χ4n) is 2.34. The van der Waals surface area contributed by atoms with E-state index in [1.165, 1.54) is 6.33 Å².